The Hall–Kier alpha value is -2.14. The van der Waals surface area contributed by atoms with Crippen LogP contribution in [-0.4, -0.2) is 29.6 Å². The van der Waals surface area contributed by atoms with E-state index in [1.165, 1.54) is 0 Å². The number of hydrogen-bond acceptors (Lipinski definition) is 3. The molecule has 0 heterocycles. The number of carboxylic acid groups (broad SMARTS) is 1. The van der Waals surface area contributed by atoms with Crippen molar-refractivity contribution < 1.29 is 14.7 Å². The summed E-state index contributed by atoms with van der Waals surface area (Å²) in [4.78, 5) is 23.2. The SMILES string of the molecule is NC1C=CC(C(=O)NCC(C(=O)O)c2ccccc2)C1. The van der Waals surface area contributed by atoms with Gasteiger partial charge in [0.2, 0.25) is 5.91 Å². The molecule has 3 unspecified atom stereocenters. The van der Waals surface area contributed by atoms with Crippen molar-refractivity contribution in [3.05, 3.63) is 48.0 Å². The first-order valence-electron chi connectivity index (χ1n) is 6.57. The minimum Gasteiger partial charge on any atom is -0.481 e. The third kappa shape index (κ3) is 3.45. The number of carboxylic acids is 1. The first-order chi connectivity index (χ1) is 9.58. The summed E-state index contributed by atoms with van der Waals surface area (Å²) < 4.78 is 0. The zero-order chi connectivity index (χ0) is 14.5. The van der Waals surface area contributed by atoms with E-state index in [1.54, 1.807) is 36.4 Å². The van der Waals surface area contributed by atoms with E-state index >= 15 is 0 Å². The molecule has 1 aliphatic carbocycles. The van der Waals surface area contributed by atoms with Crippen molar-refractivity contribution in [1.82, 2.24) is 5.32 Å². The Morgan fingerprint density at radius 2 is 2.00 bits per heavy atom. The van der Waals surface area contributed by atoms with Crippen LogP contribution in [0, 0.1) is 5.92 Å². The molecule has 0 aromatic heterocycles. The normalized spacial score (nSPS) is 22.4. The first kappa shape index (κ1) is 14.3. The van der Waals surface area contributed by atoms with Crippen LogP contribution in [0.1, 0.15) is 17.9 Å². The summed E-state index contributed by atoms with van der Waals surface area (Å²) in [5.74, 6) is -2.11. The van der Waals surface area contributed by atoms with Gasteiger partial charge < -0.3 is 16.2 Å². The van der Waals surface area contributed by atoms with E-state index in [2.05, 4.69) is 5.32 Å². The van der Waals surface area contributed by atoms with Gasteiger partial charge in [-0.3, -0.25) is 9.59 Å². The molecule has 0 saturated heterocycles. The number of aliphatic carboxylic acids is 1. The minimum absolute atomic E-state index is 0.0811. The van der Waals surface area contributed by atoms with E-state index in [1.807, 2.05) is 6.07 Å². The molecule has 1 amide bonds. The predicted octanol–water partition coefficient (Wildman–Crippen LogP) is 0.874. The number of amides is 1. The van der Waals surface area contributed by atoms with Crippen LogP contribution in [0.5, 0.6) is 0 Å². The molecule has 4 N–H and O–H groups in total. The molecule has 5 heteroatoms. The van der Waals surface area contributed by atoms with Crippen LogP contribution >= 0.6 is 0 Å². The molecule has 0 fully saturated rings. The van der Waals surface area contributed by atoms with Gasteiger partial charge in [-0.1, -0.05) is 42.5 Å². The number of carbonyl (C=O) groups is 2. The Morgan fingerprint density at radius 1 is 1.30 bits per heavy atom. The number of carbonyl (C=O) groups excluding carboxylic acids is 1. The maximum Gasteiger partial charge on any atom is 0.312 e. The Bertz CT molecular complexity index is 513. The lowest BCUT2D eigenvalue weighted by Crippen LogP contribution is -2.35. The summed E-state index contributed by atoms with van der Waals surface area (Å²) >= 11 is 0. The summed E-state index contributed by atoms with van der Waals surface area (Å²) in [6.07, 6.45) is 4.16. The molecule has 5 nitrogen and oxygen atoms in total. The van der Waals surface area contributed by atoms with Crippen LogP contribution in [0.4, 0.5) is 0 Å². The summed E-state index contributed by atoms with van der Waals surface area (Å²) in [7, 11) is 0. The van der Waals surface area contributed by atoms with E-state index in [-0.39, 0.29) is 24.4 Å². The number of nitrogens with one attached hydrogen (secondary N) is 1. The molecule has 3 atom stereocenters. The second-order valence-corrected chi connectivity index (χ2v) is 4.94. The number of hydrogen-bond donors (Lipinski definition) is 3. The predicted molar refractivity (Wildman–Crippen MR) is 75.1 cm³/mol. The molecule has 1 aromatic rings. The molecule has 0 saturated carbocycles. The monoisotopic (exact) mass is 274 g/mol. The van der Waals surface area contributed by atoms with Crippen LogP contribution in [0.25, 0.3) is 0 Å². The van der Waals surface area contributed by atoms with Crippen LogP contribution in [0.15, 0.2) is 42.5 Å². The fraction of sp³-hybridized carbons (Fsp3) is 0.333. The van der Waals surface area contributed by atoms with E-state index in [0.717, 1.165) is 0 Å². The van der Waals surface area contributed by atoms with Crippen molar-refractivity contribution in [1.29, 1.82) is 0 Å². The van der Waals surface area contributed by atoms with Gasteiger partial charge in [0.05, 0.1) is 11.8 Å². The highest BCUT2D eigenvalue weighted by Crippen LogP contribution is 2.18. The molecule has 1 aromatic carbocycles. The van der Waals surface area contributed by atoms with Crippen LogP contribution < -0.4 is 11.1 Å². The van der Waals surface area contributed by atoms with E-state index in [4.69, 9.17) is 5.73 Å². The highest BCUT2D eigenvalue weighted by molar-refractivity contribution is 5.82. The summed E-state index contributed by atoms with van der Waals surface area (Å²) in [6, 6.07) is 8.80. The van der Waals surface area contributed by atoms with Crippen LogP contribution in [0.3, 0.4) is 0 Å². The van der Waals surface area contributed by atoms with Gasteiger partial charge in [0.25, 0.3) is 0 Å². The maximum absolute atomic E-state index is 11.9. The zero-order valence-corrected chi connectivity index (χ0v) is 11.0. The van der Waals surface area contributed by atoms with Gasteiger partial charge in [-0.15, -0.1) is 0 Å². The molecule has 20 heavy (non-hydrogen) atoms. The molecule has 0 spiro atoms. The summed E-state index contributed by atoms with van der Waals surface area (Å²) in [6.45, 7) is 0.0811. The Labute approximate surface area is 117 Å². The third-order valence-electron chi connectivity index (χ3n) is 3.43. The molecule has 2 rings (SSSR count). The molecular formula is C15H18N2O3. The van der Waals surface area contributed by atoms with E-state index < -0.39 is 11.9 Å². The quantitative estimate of drug-likeness (QED) is 0.695. The number of rotatable bonds is 5. The van der Waals surface area contributed by atoms with Crippen LogP contribution in [-0.2, 0) is 9.59 Å². The summed E-state index contributed by atoms with van der Waals surface area (Å²) in [5, 5.41) is 12.0. The number of benzene rings is 1. The fourth-order valence-electron chi connectivity index (χ4n) is 2.29. The number of nitrogens with two attached hydrogens (primary N) is 1. The highest BCUT2D eigenvalue weighted by Gasteiger charge is 2.25. The van der Waals surface area contributed by atoms with E-state index in [9.17, 15) is 14.7 Å². The lowest BCUT2D eigenvalue weighted by atomic mass is 9.99. The van der Waals surface area contributed by atoms with Crippen molar-refractivity contribution in [2.24, 2.45) is 11.7 Å². The van der Waals surface area contributed by atoms with Crippen molar-refractivity contribution in [3.8, 4) is 0 Å². The van der Waals surface area contributed by atoms with Crippen LogP contribution in [0.2, 0.25) is 0 Å². The van der Waals surface area contributed by atoms with Gasteiger partial charge in [0.1, 0.15) is 0 Å². The third-order valence-corrected chi connectivity index (χ3v) is 3.43. The van der Waals surface area contributed by atoms with Gasteiger partial charge in [-0.2, -0.15) is 0 Å². The van der Waals surface area contributed by atoms with Gasteiger partial charge in [0, 0.05) is 12.6 Å². The summed E-state index contributed by atoms with van der Waals surface area (Å²) in [5.41, 5.74) is 6.38. The molecule has 0 aliphatic heterocycles. The molecule has 0 bridgehead atoms. The van der Waals surface area contributed by atoms with Gasteiger partial charge in [-0.05, 0) is 12.0 Å². The first-order valence-corrected chi connectivity index (χ1v) is 6.57. The zero-order valence-electron chi connectivity index (χ0n) is 11.0. The largest absolute Gasteiger partial charge is 0.481 e. The molecule has 1 aliphatic rings. The molecule has 0 radical (unpaired) electrons. The van der Waals surface area contributed by atoms with Gasteiger partial charge in [0.15, 0.2) is 0 Å². The van der Waals surface area contributed by atoms with Crippen molar-refractivity contribution in [3.63, 3.8) is 0 Å². The minimum atomic E-state index is -0.949. The Kier molecular flexibility index (Phi) is 4.53. The lowest BCUT2D eigenvalue weighted by molar-refractivity contribution is -0.138. The average Bonchev–Trinajstić information content (AvgIpc) is 2.86. The van der Waals surface area contributed by atoms with Gasteiger partial charge >= 0.3 is 5.97 Å². The van der Waals surface area contributed by atoms with Crippen molar-refractivity contribution in [2.45, 2.75) is 18.4 Å². The second kappa shape index (κ2) is 6.34. The lowest BCUT2D eigenvalue weighted by Gasteiger charge is -2.15. The Morgan fingerprint density at radius 3 is 2.55 bits per heavy atom. The second-order valence-electron chi connectivity index (χ2n) is 4.94. The maximum atomic E-state index is 11.9. The molecular weight excluding hydrogens is 256 g/mol. The smallest absolute Gasteiger partial charge is 0.312 e. The average molecular weight is 274 g/mol. The highest BCUT2D eigenvalue weighted by atomic mass is 16.4. The van der Waals surface area contributed by atoms with Crippen molar-refractivity contribution >= 4 is 11.9 Å². The van der Waals surface area contributed by atoms with Crippen molar-refractivity contribution in [2.75, 3.05) is 6.54 Å². The van der Waals surface area contributed by atoms with Gasteiger partial charge in [-0.25, -0.2) is 0 Å². The van der Waals surface area contributed by atoms with E-state index in [0.29, 0.717) is 12.0 Å². The Balaban J connectivity index is 1.95. The molecule has 106 valence electrons. The topological polar surface area (TPSA) is 92.4 Å². The standard InChI is InChI=1S/C15H18N2O3/c16-12-7-6-11(8-12)14(18)17-9-13(15(19)20)10-4-2-1-3-5-10/h1-7,11-13H,8-9,16H2,(H,17,18)(H,19,20). The fourth-order valence-corrected chi connectivity index (χ4v) is 2.29.